The number of unbranched alkanes of at least 4 members (excludes halogenated alkanes) is 14. The highest BCUT2D eigenvalue weighted by Gasteiger charge is 2.39. The van der Waals surface area contributed by atoms with Crippen LogP contribution in [0, 0.1) is 0 Å². The molecule has 0 aromatic carbocycles. The number of aliphatic hydroxyl groups is 3. The fourth-order valence-electron chi connectivity index (χ4n) is 3.88. The average Bonchev–Trinajstić information content (AvgIpc) is 3.05. The first-order valence-corrected chi connectivity index (χ1v) is 12.0. The van der Waals surface area contributed by atoms with Crippen molar-refractivity contribution in [3.05, 3.63) is 12.7 Å². The third kappa shape index (κ3) is 13.5. The molecular formula is C24H46O5. The molecule has 1 fully saturated rings. The van der Waals surface area contributed by atoms with Crippen molar-refractivity contribution in [3.63, 3.8) is 0 Å². The average molecular weight is 415 g/mol. The van der Waals surface area contributed by atoms with E-state index in [1.165, 1.54) is 83.5 Å². The molecule has 1 rings (SSSR count). The Bertz CT molecular complexity index is 376. The van der Waals surface area contributed by atoms with Gasteiger partial charge in [-0.05, 0) is 19.3 Å². The Balaban J connectivity index is 1.74. The number of ether oxygens (including phenoxy) is 2. The van der Waals surface area contributed by atoms with Crippen molar-refractivity contribution in [2.75, 3.05) is 19.8 Å². The van der Waals surface area contributed by atoms with E-state index in [0.29, 0.717) is 6.61 Å². The van der Waals surface area contributed by atoms with Gasteiger partial charge in [0.2, 0.25) is 0 Å². The molecule has 1 aliphatic heterocycles. The van der Waals surface area contributed by atoms with Gasteiger partial charge in [-0.25, -0.2) is 0 Å². The molecule has 0 saturated carbocycles. The maximum atomic E-state index is 9.95. The zero-order valence-corrected chi connectivity index (χ0v) is 18.5. The van der Waals surface area contributed by atoms with Crippen LogP contribution in [0.4, 0.5) is 0 Å². The van der Waals surface area contributed by atoms with Gasteiger partial charge in [0.25, 0.3) is 0 Å². The summed E-state index contributed by atoms with van der Waals surface area (Å²) in [5.74, 6) is 0. The predicted molar refractivity (Wildman–Crippen MR) is 118 cm³/mol. The summed E-state index contributed by atoms with van der Waals surface area (Å²) in [6.07, 6.45) is 18.0. The second-order valence-corrected chi connectivity index (χ2v) is 8.53. The fraction of sp³-hybridized carbons (Fsp3) is 0.917. The van der Waals surface area contributed by atoms with Crippen LogP contribution in [-0.2, 0) is 9.47 Å². The van der Waals surface area contributed by atoms with Gasteiger partial charge in [-0.1, -0.05) is 83.1 Å². The third-order valence-corrected chi connectivity index (χ3v) is 5.81. The highest BCUT2D eigenvalue weighted by molar-refractivity contribution is 4.87. The summed E-state index contributed by atoms with van der Waals surface area (Å²) in [7, 11) is 0. The normalized spacial score (nSPS) is 22.8. The minimum absolute atomic E-state index is 0.0688. The van der Waals surface area contributed by atoms with Crippen LogP contribution < -0.4 is 0 Å². The van der Waals surface area contributed by atoms with Gasteiger partial charge in [0, 0.05) is 6.61 Å². The van der Waals surface area contributed by atoms with Gasteiger partial charge >= 0.3 is 0 Å². The number of rotatable bonds is 20. The minimum atomic E-state index is -1.03. The molecule has 0 unspecified atom stereocenters. The molecule has 0 amide bonds. The van der Waals surface area contributed by atoms with Crippen LogP contribution in [-0.4, -0.2) is 59.6 Å². The molecule has 1 saturated heterocycles. The summed E-state index contributed by atoms with van der Waals surface area (Å²) in [6, 6.07) is 0. The molecule has 3 N–H and O–H groups in total. The molecule has 0 aliphatic carbocycles. The monoisotopic (exact) mass is 414 g/mol. The topological polar surface area (TPSA) is 79.2 Å². The maximum absolute atomic E-state index is 9.95. The van der Waals surface area contributed by atoms with E-state index in [1.807, 2.05) is 6.08 Å². The van der Waals surface area contributed by atoms with E-state index in [4.69, 9.17) is 9.47 Å². The van der Waals surface area contributed by atoms with Gasteiger partial charge in [0.1, 0.15) is 24.4 Å². The summed E-state index contributed by atoms with van der Waals surface area (Å²) in [5, 5.41) is 29.0. The Labute approximate surface area is 178 Å². The molecule has 0 bridgehead atoms. The van der Waals surface area contributed by atoms with Crippen molar-refractivity contribution in [1.82, 2.24) is 0 Å². The summed E-state index contributed by atoms with van der Waals surface area (Å²) >= 11 is 0. The molecule has 0 radical (unpaired) electrons. The van der Waals surface area contributed by atoms with Gasteiger partial charge in [0.15, 0.2) is 0 Å². The summed E-state index contributed by atoms with van der Waals surface area (Å²) in [4.78, 5) is 0. The van der Waals surface area contributed by atoms with E-state index >= 15 is 0 Å². The van der Waals surface area contributed by atoms with Crippen molar-refractivity contribution in [3.8, 4) is 0 Å². The highest BCUT2D eigenvalue weighted by atomic mass is 16.5. The van der Waals surface area contributed by atoms with Gasteiger partial charge in [0.05, 0.1) is 13.2 Å². The summed E-state index contributed by atoms with van der Waals surface area (Å²) in [6.45, 7) is 4.59. The van der Waals surface area contributed by atoms with Crippen LogP contribution in [0.15, 0.2) is 12.7 Å². The largest absolute Gasteiger partial charge is 0.388 e. The number of aliphatic hydroxyl groups excluding tert-OH is 3. The molecule has 0 aromatic rings. The zero-order valence-electron chi connectivity index (χ0n) is 18.5. The Morgan fingerprint density at radius 2 is 1.31 bits per heavy atom. The lowest BCUT2D eigenvalue weighted by Gasteiger charge is -2.20. The Morgan fingerprint density at radius 1 is 0.828 bits per heavy atom. The van der Waals surface area contributed by atoms with E-state index in [0.717, 1.165) is 12.8 Å². The van der Waals surface area contributed by atoms with Crippen LogP contribution in [0.25, 0.3) is 0 Å². The van der Waals surface area contributed by atoms with Crippen LogP contribution >= 0.6 is 0 Å². The molecule has 5 nitrogen and oxygen atoms in total. The van der Waals surface area contributed by atoms with E-state index in [1.54, 1.807) is 0 Å². The first-order valence-electron chi connectivity index (χ1n) is 12.0. The van der Waals surface area contributed by atoms with E-state index in [9.17, 15) is 15.3 Å². The third-order valence-electron chi connectivity index (χ3n) is 5.81. The SMILES string of the molecule is C=CCCCCCCCCCCCCCCCCOC[C@@H](O)[C@@H]1OC[C@H](O)[C@@H]1O. The smallest absolute Gasteiger partial charge is 0.114 e. The van der Waals surface area contributed by atoms with Crippen LogP contribution in [0.1, 0.15) is 96.3 Å². The quantitative estimate of drug-likeness (QED) is 0.202. The first kappa shape index (κ1) is 26.6. The molecule has 4 atom stereocenters. The Morgan fingerprint density at radius 3 is 1.76 bits per heavy atom. The Kier molecular flexibility index (Phi) is 16.8. The first-order chi connectivity index (χ1) is 14.2. The number of allylic oxidation sites excluding steroid dienone is 1. The zero-order chi connectivity index (χ0) is 21.2. The second-order valence-electron chi connectivity index (χ2n) is 8.53. The van der Waals surface area contributed by atoms with Crippen molar-refractivity contribution in [2.24, 2.45) is 0 Å². The van der Waals surface area contributed by atoms with E-state index in [2.05, 4.69) is 6.58 Å². The molecule has 0 aromatic heterocycles. The van der Waals surface area contributed by atoms with Crippen LogP contribution in [0.3, 0.4) is 0 Å². The van der Waals surface area contributed by atoms with Crippen molar-refractivity contribution >= 4 is 0 Å². The fourth-order valence-corrected chi connectivity index (χ4v) is 3.88. The molecule has 1 aliphatic rings. The summed E-state index contributed by atoms with van der Waals surface area (Å²) < 4.78 is 10.7. The lowest BCUT2D eigenvalue weighted by atomic mass is 10.0. The molecule has 172 valence electrons. The van der Waals surface area contributed by atoms with Crippen molar-refractivity contribution in [2.45, 2.75) is 121 Å². The number of hydrogen-bond donors (Lipinski definition) is 3. The van der Waals surface area contributed by atoms with Gasteiger partial charge in [-0.3, -0.25) is 0 Å². The second kappa shape index (κ2) is 18.3. The van der Waals surface area contributed by atoms with Gasteiger partial charge in [-0.2, -0.15) is 0 Å². The Hall–Kier alpha value is -0.460. The van der Waals surface area contributed by atoms with Crippen LogP contribution in [0.2, 0.25) is 0 Å². The highest BCUT2D eigenvalue weighted by Crippen LogP contribution is 2.18. The van der Waals surface area contributed by atoms with Crippen molar-refractivity contribution in [1.29, 1.82) is 0 Å². The molecule has 29 heavy (non-hydrogen) atoms. The molecular weight excluding hydrogens is 368 g/mol. The molecule has 0 spiro atoms. The van der Waals surface area contributed by atoms with Gasteiger partial charge < -0.3 is 24.8 Å². The number of hydrogen-bond acceptors (Lipinski definition) is 5. The summed E-state index contributed by atoms with van der Waals surface area (Å²) in [5.41, 5.74) is 0. The van der Waals surface area contributed by atoms with Crippen LogP contribution in [0.5, 0.6) is 0 Å². The lowest BCUT2D eigenvalue weighted by Crippen LogP contribution is -2.40. The maximum Gasteiger partial charge on any atom is 0.114 e. The molecule has 1 heterocycles. The van der Waals surface area contributed by atoms with Crippen molar-refractivity contribution < 1.29 is 24.8 Å². The van der Waals surface area contributed by atoms with E-state index < -0.39 is 24.4 Å². The lowest BCUT2D eigenvalue weighted by molar-refractivity contribution is -0.0813. The standard InChI is InChI=1S/C24H46O5/c1-2-3-4-5-6-7-8-9-10-11-12-13-14-15-16-17-18-28-19-22(26)24-23(27)21(25)20-29-24/h2,21-27H,1,3-20H2/t21-,22+,23-,24-/m0/s1. The minimum Gasteiger partial charge on any atom is -0.388 e. The van der Waals surface area contributed by atoms with Gasteiger partial charge in [-0.15, -0.1) is 6.58 Å². The van der Waals surface area contributed by atoms with E-state index in [-0.39, 0.29) is 13.2 Å². The predicted octanol–water partition coefficient (Wildman–Crippen LogP) is 4.52. The molecule has 5 heteroatoms.